The molecule has 0 saturated carbocycles. The summed E-state index contributed by atoms with van der Waals surface area (Å²) in [6.07, 6.45) is 3.40. The highest BCUT2D eigenvalue weighted by Crippen LogP contribution is 2.31. The number of hydrogen-bond donors (Lipinski definition) is 1. The molecular weight excluding hydrogens is 382 g/mol. The summed E-state index contributed by atoms with van der Waals surface area (Å²) in [7, 11) is 0. The summed E-state index contributed by atoms with van der Waals surface area (Å²) in [4.78, 5) is 23.5. The Morgan fingerprint density at radius 2 is 1.93 bits per heavy atom. The monoisotopic (exact) mass is 400 g/mol. The van der Waals surface area contributed by atoms with Crippen molar-refractivity contribution in [2.45, 2.75) is 20.0 Å². The van der Waals surface area contributed by atoms with Gasteiger partial charge in [-0.2, -0.15) is 8.78 Å². The number of carbonyl (C=O) groups excluding carboxylic acids is 1. The van der Waals surface area contributed by atoms with Crippen molar-refractivity contribution in [3.63, 3.8) is 0 Å². The Labute approximate surface area is 165 Å². The van der Waals surface area contributed by atoms with E-state index in [0.29, 0.717) is 35.7 Å². The fourth-order valence-electron chi connectivity index (χ4n) is 2.67. The van der Waals surface area contributed by atoms with Gasteiger partial charge in [0.15, 0.2) is 0 Å². The number of ether oxygens (including phenoxy) is 2. The highest BCUT2D eigenvalue weighted by atomic mass is 19.3. The second-order valence-electron chi connectivity index (χ2n) is 5.94. The molecule has 3 aromatic rings. The van der Waals surface area contributed by atoms with Gasteiger partial charge in [0, 0.05) is 30.1 Å². The second-order valence-corrected chi connectivity index (χ2v) is 5.94. The average molecular weight is 400 g/mol. The lowest BCUT2D eigenvalue weighted by Gasteiger charge is -2.13. The molecule has 0 fully saturated rings. The topological polar surface area (TPSA) is 100 Å². The number of aromatic nitrogens is 3. The van der Waals surface area contributed by atoms with E-state index in [0.717, 1.165) is 5.56 Å². The predicted molar refractivity (Wildman–Crippen MR) is 101 cm³/mol. The third-order valence-corrected chi connectivity index (χ3v) is 3.86. The van der Waals surface area contributed by atoms with Crippen molar-refractivity contribution in [1.29, 1.82) is 0 Å². The van der Waals surface area contributed by atoms with Gasteiger partial charge in [-0.05, 0) is 36.8 Å². The van der Waals surface area contributed by atoms with E-state index in [1.807, 2.05) is 6.92 Å². The summed E-state index contributed by atoms with van der Waals surface area (Å²) < 4.78 is 35.2. The van der Waals surface area contributed by atoms with E-state index in [1.165, 1.54) is 24.5 Å². The minimum absolute atomic E-state index is 0.0302. The number of amides is 1. The van der Waals surface area contributed by atoms with Gasteiger partial charge in [-0.25, -0.2) is 15.0 Å². The van der Waals surface area contributed by atoms with Crippen LogP contribution < -0.4 is 15.2 Å². The summed E-state index contributed by atoms with van der Waals surface area (Å²) in [6, 6.07) is 9.81. The van der Waals surface area contributed by atoms with Gasteiger partial charge in [0.05, 0.1) is 6.61 Å². The van der Waals surface area contributed by atoms with E-state index >= 15 is 0 Å². The quantitative estimate of drug-likeness (QED) is 0.623. The Kier molecular flexibility index (Phi) is 6.28. The molecule has 9 heteroatoms. The molecule has 2 heterocycles. The molecule has 0 unspecified atom stereocenters. The van der Waals surface area contributed by atoms with Crippen LogP contribution in [-0.4, -0.2) is 34.1 Å². The zero-order valence-electron chi connectivity index (χ0n) is 15.5. The molecule has 0 radical (unpaired) electrons. The molecule has 2 aromatic heterocycles. The summed E-state index contributed by atoms with van der Waals surface area (Å²) in [5, 5.41) is 0. The van der Waals surface area contributed by atoms with Crippen LogP contribution in [0.3, 0.4) is 0 Å². The fourth-order valence-corrected chi connectivity index (χ4v) is 2.67. The first-order valence-electron chi connectivity index (χ1n) is 8.75. The molecule has 0 aliphatic heterocycles. The van der Waals surface area contributed by atoms with E-state index in [4.69, 9.17) is 10.5 Å². The number of nitrogens with two attached hydrogens (primary N) is 1. The van der Waals surface area contributed by atoms with Crippen LogP contribution in [0, 0.1) is 0 Å². The number of nitrogens with zero attached hydrogens (tertiary/aromatic N) is 3. The minimum Gasteiger partial charge on any atom is -0.492 e. The average Bonchev–Trinajstić information content (AvgIpc) is 2.69. The molecule has 0 atom stereocenters. The molecule has 0 aliphatic carbocycles. The molecule has 7 nitrogen and oxygen atoms in total. The van der Waals surface area contributed by atoms with Crippen LogP contribution in [0.15, 0.2) is 48.8 Å². The molecule has 29 heavy (non-hydrogen) atoms. The van der Waals surface area contributed by atoms with Crippen molar-refractivity contribution in [1.82, 2.24) is 15.0 Å². The third kappa shape index (κ3) is 5.22. The SMILES string of the molecule is CCOc1ccc(Cc2cnc(C(N)=O)nc2)nc1-c1cccc(OC(F)F)c1. The van der Waals surface area contributed by atoms with Crippen molar-refractivity contribution in [3.8, 4) is 22.8 Å². The van der Waals surface area contributed by atoms with Crippen molar-refractivity contribution in [2.24, 2.45) is 5.73 Å². The van der Waals surface area contributed by atoms with Crippen LogP contribution >= 0.6 is 0 Å². The van der Waals surface area contributed by atoms with E-state index in [9.17, 15) is 13.6 Å². The molecule has 0 saturated heterocycles. The number of alkyl halides is 2. The first kappa shape index (κ1) is 20.1. The van der Waals surface area contributed by atoms with Crippen LogP contribution in [0.1, 0.15) is 28.8 Å². The van der Waals surface area contributed by atoms with Crippen LogP contribution in [0.2, 0.25) is 0 Å². The zero-order valence-corrected chi connectivity index (χ0v) is 15.5. The maximum atomic E-state index is 12.5. The molecular formula is C20H18F2N4O3. The Hall–Kier alpha value is -3.62. The molecule has 2 N–H and O–H groups in total. The number of benzene rings is 1. The number of pyridine rings is 1. The standard InChI is InChI=1S/C20H18F2N4O3/c1-2-28-16-7-6-14(8-12-10-24-19(18(23)27)25-11-12)26-17(16)13-4-3-5-15(9-13)29-20(21)22/h3-7,9-11,20H,2,8H2,1H3,(H2,23,27). The maximum Gasteiger partial charge on any atom is 0.387 e. The lowest BCUT2D eigenvalue weighted by Crippen LogP contribution is -2.15. The van der Waals surface area contributed by atoms with E-state index < -0.39 is 12.5 Å². The second kappa shape index (κ2) is 9.05. The predicted octanol–water partition coefficient (Wildman–Crippen LogP) is 3.23. The smallest absolute Gasteiger partial charge is 0.387 e. The van der Waals surface area contributed by atoms with Gasteiger partial charge in [0.25, 0.3) is 5.91 Å². The minimum atomic E-state index is -2.92. The van der Waals surface area contributed by atoms with Crippen molar-refractivity contribution < 1.29 is 23.0 Å². The van der Waals surface area contributed by atoms with Gasteiger partial charge in [0.1, 0.15) is 17.2 Å². The van der Waals surface area contributed by atoms with Gasteiger partial charge < -0.3 is 15.2 Å². The molecule has 0 aliphatic rings. The Balaban J connectivity index is 1.92. The highest BCUT2D eigenvalue weighted by Gasteiger charge is 2.13. The van der Waals surface area contributed by atoms with Crippen molar-refractivity contribution in [2.75, 3.05) is 6.61 Å². The number of rotatable bonds is 8. The van der Waals surface area contributed by atoms with Gasteiger partial charge >= 0.3 is 6.61 Å². The van der Waals surface area contributed by atoms with E-state index in [2.05, 4.69) is 19.7 Å². The molecule has 150 valence electrons. The Bertz CT molecular complexity index is 997. The van der Waals surface area contributed by atoms with Crippen LogP contribution in [-0.2, 0) is 6.42 Å². The summed E-state index contributed by atoms with van der Waals surface area (Å²) in [6.45, 7) is -0.658. The van der Waals surface area contributed by atoms with Crippen molar-refractivity contribution in [3.05, 3.63) is 65.9 Å². The highest BCUT2D eigenvalue weighted by molar-refractivity contribution is 5.88. The van der Waals surface area contributed by atoms with Crippen molar-refractivity contribution >= 4 is 5.91 Å². The van der Waals surface area contributed by atoms with Gasteiger partial charge in [0.2, 0.25) is 5.82 Å². The number of primary amides is 1. The third-order valence-electron chi connectivity index (χ3n) is 3.86. The largest absolute Gasteiger partial charge is 0.492 e. The lowest BCUT2D eigenvalue weighted by molar-refractivity contribution is -0.0498. The van der Waals surface area contributed by atoms with E-state index in [-0.39, 0.29) is 11.6 Å². The summed E-state index contributed by atoms with van der Waals surface area (Å²) in [5.41, 5.74) is 7.63. The number of carbonyl (C=O) groups is 1. The Morgan fingerprint density at radius 1 is 1.17 bits per heavy atom. The summed E-state index contributed by atoms with van der Waals surface area (Å²) >= 11 is 0. The number of halogens is 2. The molecule has 0 spiro atoms. The van der Waals surface area contributed by atoms with Gasteiger partial charge in [-0.1, -0.05) is 12.1 Å². The zero-order chi connectivity index (χ0) is 20.8. The fraction of sp³-hybridized carbons (Fsp3) is 0.200. The van der Waals surface area contributed by atoms with Crippen LogP contribution in [0.5, 0.6) is 11.5 Å². The summed E-state index contributed by atoms with van der Waals surface area (Å²) in [5.74, 6) is -0.220. The van der Waals surface area contributed by atoms with E-state index in [1.54, 1.807) is 24.3 Å². The van der Waals surface area contributed by atoms with Crippen LogP contribution in [0.4, 0.5) is 8.78 Å². The number of hydrogen-bond acceptors (Lipinski definition) is 6. The molecule has 3 rings (SSSR count). The van der Waals surface area contributed by atoms with Gasteiger partial charge in [-0.15, -0.1) is 0 Å². The lowest BCUT2D eigenvalue weighted by atomic mass is 10.1. The van der Waals surface area contributed by atoms with Crippen LogP contribution in [0.25, 0.3) is 11.3 Å². The first-order chi connectivity index (χ1) is 14.0. The maximum absolute atomic E-state index is 12.5. The molecule has 1 amide bonds. The first-order valence-corrected chi connectivity index (χ1v) is 8.75. The molecule has 1 aromatic carbocycles. The van der Waals surface area contributed by atoms with Gasteiger partial charge in [-0.3, -0.25) is 4.79 Å². The Morgan fingerprint density at radius 3 is 2.59 bits per heavy atom. The molecule has 0 bridgehead atoms. The normalized spacial score (nSPS) is 10.8.